The molecule has 0 saturated carbocycles. The summed E-state index contributed by atoms with van der Waals surface area (Å²) in [5.41, 5.74) is 0.857. The average Bonchev–Trinajstić information content (AvgIpc) is 2.78. The fourth-order valence-electron chi connectivity index (χ4n) is 1.42. The third kappa shape index (κ3) is 2.53. The first kappa shape index (κ1) is 12.6. The van der Waals surface area contributed by atoms with Gasteiger partial charge in [0.1, 0.15) is 5.75 Å². The van der Waals surface area contributed by atoms with Crippen molar-refractivity contribution in [3.63, 3.8) is 0 Å². The highest BCUT2D eigenvalue weighted by molar-refractivity contribution is 7.22. The lowest BCUT2D eigenvalue weighted by molar-refractivity contribution is 0.224. The molecule has 2 rings (SSSR count). The smallest absolute Gasteiger partial charge is 0.323 e. The van der Waals surface area contributed by atoms with Crippen LogP contribution in [-0.4, -0.2) is 36.6 Å². The first-order chi connectivity index (χ1) is 8.63. The summed E-state index contributed by atoms with van der Waals surface area (Å²) < 4.78 is 6.14. The number of methoxy groups -OCH3 is 1. The quantitative estimate of drug-likeness (QED) is 0.928. The predicted molar refractivity (Wildman–Crippen MR) is 73.5 cm³/mol. The Morgan fingerprint density at radius 2 is 2.33 bits per heavy atom. The molecular weight excluding hydrogens is 250 g/mol. The van der Waals surface area contributed by atoms with Gasteiger partial charge in [0.25, 0.3) is 0 Å². The number of carbonyl (C=O) groups excluding carboxylic acids is 1. The Bertz CT molecular complexity index is 567. The molecule has 1 N–H and O–H groups in total. The summed E-state index contributed by atoms with van der Waals surface area (Å²) in [6.45, 7) is 2.58. The van der Waals surface area contributed by atoms with Crippen molar-refractivity contribution in [3.05, 3.63) is 18.2 Å². The third-order valence-corrected chi connectivity index (χ3v) is 3.56. The Morgan fingerprint density at radius 3 is 3.00 bits per heavy atom. The number of nitrogens with one attached hydrogen (secondary N) is 1. The molecule has 0 aliphatic rings. The van der Waals surface area contributed by atoms with E-state index in [0.29, 0.717) is 11.7 Å². The van der Waals surface area contributed by atoms with Gasteiger partial charge in [-0.1, -0.05) is 11.3 Å². The summed E-state index contributed by atoms with van der Waals surface area (Å²) >= 11 is 1.43. The van der Waals surface area contributed by atoms with Gasteiger partial charge < -0.3 is 9.64 Å². The second-order valence-electron chi connectivity index (χ2n) is 3.80. The maximum absolute atomic E-state index is 11.7. The van der Waals surface area contributed by atoms with Crippen molar-refractivity contribution in [3.8, 4) is 5.75 Å². The van der Waals surface area contributed by atoms with Crippen LogP contribution in [0.15, 0.2) is 18.2 Å². The van der Waals surface area contributed by atoms with E-state index in [9.17, 15) is 4.79 Å². The van der Waals surface area contributed by atoms with E-state index in [0.717, 1.165) is 16.0 Å². The molecule has 2 amide bonds. The van der Waals surface area contributed by atoms with Crippen molar-refractivity contribution in [2.24, 2.45) is 0 Å². The molecule has 0 radical (unpaired) electrons. The molecule has 6 heteroatoms. The van der Waals surface area contributed by atoms with Crippen LogP contribution >= 0.6 is 11.3 Å². The molecule has 0 bridgehead atoms. The van der Waals surface area contributed by atoms with E-state index in [2.05, 4.69) is 10.3 Å². The van der Waals surface area contributed by atoms with Gasteiger partial charge in [0.05, 0.1) is 17.3 Å². The first-order valence-electron chi connectivity index (χ1n) is 5.60. The Morgan fingerprint density at radius 1 is 1.56 bits per heavy atom. The number of carbonyl (C=O) groups is 1. The molecule has 0 atom stereocenters. The van der Waals surface area contributed by atoms with Gasteiger partial charge in [-0.05, 0) is 25.1 Å². The zero-order chi connectivity index (χ0) is 13.1. The minimum atomic E-state index is -0.150. The van der Waals surface area contributed by atoms with Crippen LogP contribution in [0.5, 0.6) is 5.75 Å². The van der Waals surface area contributed by atoms with E-state index in [-0.39, 0.29) is 6.03 Å². The zero-order valence-corrected chi connectivity index (χ0v) is 11.4. The molecule has 0 aliphatic heterocycles. The second kappa shape index (κ2) is 5.22. The molecule has 1 heterocycles. The fourth-order valence-corrected chi connectivity index (χ4v) is 2.30. The number of hydrogen-bond acceptors (Lipinski definition) is 4. The van der Waals surface area contributed by atoms with Gasteiger partial charge in [-0.3, -0.25) is 5.32 Å². The molecular formula is C12H15N3O2S. The molecule has 1 aromatic carbocycles. The topological polar surface area (TPSA) is 54.5 Å². The summed E-state index contributed by atoms with van der Waals surface area (Å²) in [5, 5.41) is 3.37. The molecule has 0 saturated heterocycles. The van der Waals surface area contributed by atoms with E-state index in [1.165, 1.54) is 11.3 Å². The van der Waals surface area contributed by atoms with Crippen LogP contribution in [0.2, 0.25) is 0 Å². The van der Waals surface area contributed by atoms with Gasteiger partial charge in [-0.25, -0.2) is 9.78 Å². The minimum Gasteiger partial charge on any atom is -0.497 e. The van der Waals surface area contributed by atoms with Crippen molar-refractivity contribution in [2.75, 3.05) is 26.0 Å². The Labute approximate surface area is 109 Å². The van der Waals surface area contributed by atoms with Gasteiger partial charge in [0.2, 0.25) is 0 Å². The standard InChI is InChI=1S/C12H15N3O2S/c1-4-15(2)12(16)14-11-13-9-6-5-8(17-3)7-10(9)18-11/h5-7H,4H2,1-3H3,(H,13,14,16). The number of nitrogens with zero attached hydrogens (tertiary/aromatic N) is 2. The van der Waals surface area contributed by atoms with Crippen LogP contribution in [0, 0.1) is 0 Å². The molecule has 1 aromatic heterocycles. The predicted octanol–water partition coefficient (Wildman–Crippen LogP) is 2.79. The zero-order valence-electron chi connectivity index (χ0n) is 10.6. The van der Waals surface area contributed by atoms with Crippen molar-refractivity contribution in [2.45, 2.75) is 6.92 Å². The summed E-state index contributed by atoms with van der Waals surface area (Å²) in [7, 11) is 3.37. The number of ether oxygens (including phenoxy) is 1. The van der Waals surface area contributed by atoms with Crippen LogP contribution in [0.1, 0.15) is 6.92 Å². The van der Waals surface area contributed by atoms with Crippen LogP contribution in [-0.2, 0) is 0 Å². The van der Waals surface area contributed by atoms with E-state index >= 15 is 0 Å². The van der Waals surface area contributed by atoms with Crippen LogP contribution in [0.3, 0.4) is 0 Å². The maximum Gasteiger partial charge on any atom is 0.323 e. The van der Waals surface area contributed by atoms with Crippen molar-refractivity contribution in [1.29, 1.82) is 0 Å². The van der Waals surface area contributed by atoms with Crippen molar-refractivity contribution in [1.82, 2.24) is 9.88 Å². The molecule has 96 valence electrons. The Hall–Kier alpha value is -1.82. The van der Waals surface area contributed by atoms with Gasteiger partial charge in [-0.2, -0.15) is 0 Å². The summed E-state index contributed by atoms with van der Waals surface area (Å²) in [5.74, 6) is 0.787. The SMILES string of the molecule is CCN(C)C(=O)Nc1nc2ccc(OC)cc2s1. The molecule has 0 spiro atoms. The lowest BCUT2D eigenvalue weighted by atomic mass is 10.3. The van der Waals surface area contributed by atoms with E-state index in [1.807, 2.05) is 25.1 Å². The van der Waals surface area contributed by atoms with Crippen molar-refractivity contribution >= 4 is 32.7 Å². The highest BCUT2D eigenvalue weighted by atomic mass is 32.1. The summed E-state index contributed by atoms with van der Waals surface area (Å²) in [6.07, 6.45) is 0. The fraction of sp³-hybridized carbons (Fsp3) is 0.333. The van der Waals surface area contributed by atoms with Gasteiger partial charge in [0, 0.05) is 13.6 Å². The molecule has 2 aromatic rings. The third-order valence-electron chi connectivity index (χ3n) is 2.63. The van der Waals surface area contributed by atoms with E-state index in [1.54, 1.807) is 19.1 Å². The Kier molecular flexibility index (Phi) is 3.66. The number of hydrogen-bond donors (Lipinski definition) is 1. The number of rotatable bonds is 3. The van der Waals surface area contributed by atoms with E-state index in [4.69, 9.17) is 4.74 Å². The van der Waals surface area contributed by atoms with Gasteiger partial charge >= 0.3 is 6.03 Å². The average molecular weight is 265 g/mol. The molecule has 0 unspecified atom stereocenters. The number of amides is 2. The molecule has 0 fully saturated rings. The van der Waals surface area contributed by atoms with Gasteiger partial charge in [0.15, 0.2) is 5.13 Å². The molecule has 5 nitrogen and oxygen atoms in total. The molecule has 0 aliphatic carbocycles. The number of benzene rings is 1. The number of anilines is 1. The van der Waals surface area contributed by atoms with Crippen LogP contribution in [0.4, 0.5) is 9.93 Å². The lowest BCUT2D eigenvalue weighted by Crippen LogP contribution is -2.30. The second-order valence-corrected chi connectivity index (χ2v) is 4.83. The monoisotopic (exact) mass is 265 g/mol. The van der Waals surface area contributed by atoms with Crippen LogP contribution in [0.25, 0.3) is 10.2 Å². The minimum absolute atomic E-state index is 0.150. The van der Waals surface area contributed by atoms with Crippen LogP contribution < -0.4 is 10.1 Å². The number of aromatic nitrogens is 1. The van der Waals surface area contributed by atoms with Crippen molar-refractivity contribution < 1.29 is 9.53 Å². The van der Waals surface area contributed by atoms with E-state index < -0.39 is 0 Å². The highest BCUT2D eigenvalue weighted by Gasteiger charge is 2.10. The normalized spacial score (nSPS) is 10.4. The number of thiazole rings is 1. The Balaban J connectivity index is 2.22. The number of urea groups is 1. The highest BCUT2D eigenvalue weighted by Crippen LogP contribution is 2.29. The maximum atomic E-state index is 11.7. The lowest BCUT2D eigenvalue weighted by Gasteiger charge is -2.13. The van der Waals surface area contributed by atoms with Gasteiger partial charge in [-0.15, -0.1) is 0 Å². The number of fused-ring (bicyclic) bond motifs is 1. The summed E-state index contributed by atoms with van der Waals surface area (Å²) in [6, 6.07) is 5.49. The summed E-state index contributed by atoms with van der Waals surface area (Å²) in [4.78, 5) is 17.6. The molecule has 18 heavy (non-hydrogen) atoms. The largest absolute Gasteiger partial charge is 0.497 e. The first-order valence-corrected chi connectivity index (χ1v) is 6.42.